The van der Waals surface area contributed by atoms with Gasteiger partial charge < -0.3 is 10.3 Å². The zero-order valence-electron chi connectivity index (χ0n) is 15.3. The van der Waals surface area contributed by atoms with E-state index in [4.69, 9.17) is 0 Å². The fraction of sp³-hybridized carbons (Fsp3) is 0.227. The maximum Gasteiger partial charge on any atom is 0.244 e. The van der Waals surface area contributed by atoms with Gasteiger partial charge in [0.25, 0.3) is 0 Å². The summed E-state index contributed by atoms with van der Waals surface area (Å²) in [7, 11) is 0. The summed E-state index contributed by atoms with van der Waals surface area (Å²) in [5, 5.41) is 3.83. The monoisotopic (exact) mass is 350 g/mol. The van der Waals surface area contributed by atoms with E-state index >= 15 is 0 Å². The van der Waals surface area contributed by atoms with Crippen molar-refractivity contribution in [2.24, 2.45) is 0 Å². The van der Waals surface area contributed by atoms with Crippen LogP contribution in [0.15, 0.2) is 42.5 Å². The van der Waals surface area contributed by atoms with Crippen molar-refractivity contribution < 1.29 is 9.18 Å². The summed E-state index contributed by atoms with van der Waals surface area (Å²) in [6.07, 6.45) is 4.02. The van der Waals surface area contributed by atoms with Crippen LogP contribution in [0.2, 0.25) is 0 Å². The number of fused-ring (bicyclic) bond motifs is 1. The molecule has 0 aliphatic heterocycles. The molecule has 0 saturated heterocycles. The summed E-state index contributed by atoms with van der Waals surface area (Å²) in [5.41, 5.74) is 5.73. The minimum Gasteiger partial charge on any atom is -0.356 e. The maximum absolute atomic E-state index is 14.0. The van der Waals surface area contributed by atoms with Crippen LogP contribution in [0.4, 0.5) is 4.39 Å². The Hall–Kier alpha value is -2.88. The van der Waals surface area contributed by atoms with Gasteiger partial charge in [0.05, 0.1) is 5.52 Å². The molecule has 2 N–H and O–H groups in total. The van der Waals surface area contributed by atoms with Crippen molar-refractivity contribution in [2.75, 3.05) is 6.54 Å². The van der Waals surface area contributed by atoms with E-state index < -0.39 is 0 Å². The molecule has 0 saturated carbocycles. The average molecular weight is 350 g/mol. The van der Waals surface area contributed by atoms with Crippen molar-refractivity contribution in [3.8, 4) is 0 Å². The van der Waals surface area contributed by atoms with Gasteiger partial charge in [-0.3, -0.25) is 4.79 Å². The molecule has 26 heavy (non-hydrogen) atoms. The highest BCUT2D eigenvalue weighted by Gasteiger charge is 2.13. The van der Waals surface area contributed by atoms with Crippen LogP contribution in [0.5, 0.6) is 0 Å². The highest BCUT2D eigenvalue weighted by molar-refractivity contribution is 5.92. The molecule has 1 aromatic heterocycles. The summed E-state index contributed by atoms with van der Waals surface area (Å²) in [6.45, 7) is 6.43. The van der Waals surface area contributed by atoms with E-state index in [1.165, 1.54) is 6.07 Å². The number of nitrogens with one attached hydrogen (secondary N) is 2. The number of halogens is 1. The minimum absolute atomic E-state index is 0.131. The SMILES string of the molecule is Cc1ccccc1/C=C/C(=O)NCCc1c(C)[nH]c2c(F)ccc(C)c12. The maximum atomic E-state index is 14.0. The summed E-state index contributed by atoms with van der Waals surface area (Å²) >= 11 is 0. The number of carbonyl (C=O) groups is 1. The largest absolute Gasteiger partial charge is 0.356 e. The smallest absolute Gasteiger partial charge is 0.244 e. The normalized spacial score (nSPS) is 11.4. The van der Waals surface area contributed by atoms with Gasteiger partial charge in [0, 0.05) is 23.7 Å². The zero-order chi connectivity index (χ0) is 18.7. The number of H-pyrrole nitrogens is 1. The molecule has 3 nitrogen and oxygen atoms in total. The van der Waals surface area contributed by atoms with E-state index in [2.05, 4.69) is 10.3 Å². The van der Waals surface area contributed by atoms with Crippen LogP contribution >= 0.6 is 0 Å². The second-order valence-electron chi connectivity index (χ2n) is 6.57. The third kappa shape index (κ3) is 3.69. The fourth-order valence-electron chi connectivity index (χ4n) is 3.26. The van der Waals surface area contributed by atoms with Crippen LogP contribution in [0.25, 0.3) is 17.0 Å². The van der Waals surface area contributed by atoms with E-state index in [1.54, 1.807) is 12.1 Å². The standard InChI is InChI=1S/C22H23FN2O/c1-14-6-4-5-7-17(14)9-11-20(26)24-13-12-18-16(3)25-22-19(23)10-8-15(2)21(18)22/h4-11,25H,12-13H2,1-3H3,(H,24,26)/b11-9+. The Morgan fingerprint density at radius 3 is 2.65 bits per heavy atom. The number of rotatable bonds is 5. The molecule has 3 rings (SSSR count). The van der Waals surface area contributed by atoms with Gasteiger partial charge in [-0.15, -0.1) is 0 Å². The van der Waals surface area contributed by atoms with Crippen molar-refractivity contribution in [3.63, 3.8) is 0 Å². The van der Waals surface area contributed by atoms with Gasteiger partial charge >= 0.3 is 0 Å². The number of aryl methyl sites for hydroxylation is 3. The number of carbonyl (C=O) groups excluding carboxylic acids is 1. The molecule has 0 radical (unpaired) electrons. The van der Waals surface area contributed by atoms with Crippen LogP contribution in [0.3, 0.4) is 0 Å². The molecular weight excluding hydrogens is 327 g/mol. The van der Waals surface area contributed by atoms with E-state index in [0.717, 1.165) is 33.3 Å². The lowest BCUT2D eigenvalue weighted by Gasteiger charge is -2.05. The van der Waals surface area contributed by atoms with Crippen LogP contribution < -0.4 is 5.32 Å². The Morgan fingerprint density at radius 2 is 1.88 bits per heavy atom. The third-order valence-corrected chi connectivity index (χ3v) is 4.71. The van der Waals surface area contributed by atoms with Gasteiger partial charge in [0.2, 0.25) is 5.91 Å². The third-order valence-electron chi connectivity index (χ3n) is 4.71. The number of aromatic nitrogens is 1. The number of hydrogen-bond acceptors (Lipinski definition) is 1. The molecule has 2 aromatic carbocycles. The molecular formula is C22H23FN2O. The molecule has 1 heterocycles. The molecule has 4 heteroatoms. The molecule has 0 bridgehead atoms. The van der Waals surface area contributed by atoms with Gasteiger partial charge in [-0.05, 0) is 61.6 Å². The second-order valence-corrected chi connectivity index (χ2v) is 6.57. The summed E-state index contributed by atoms with van der Waals surface area (Å²) in [6, 6.07) is 11.2. The lowest BCUT2D eigenvalue weighted by Crippen LogP contribution is -2.23. The van der Waals surface area contributed by atoms with E-state index in [1.807, 2.05) is 51.1 Å². The summed E-state index contributed by atoms with van der Waals surface area (Å²) in [5.74, 6) is -0.376. The van der Waals surface area contributed by atoms with Gasteiger partial charge in [-0.25, -0.2) is 4.39 Å². The molecule has 0 fully saturated rings. The number of hydrogen-bond donors (Lipinski definition) is 2. The van der Waals surface area contributed by atoms with Crippen LogP contribution in [-0.4, -0.2) is 17.4 Å². The molecule has 134 valence electrons. The van der Waals surface area contributed by atoms with Gasteiger partial charge in [-0.2, -0.15) is 0 Å². The first-order valence-electron chi connectivity index (χ1n) is 8.75. The Kier molecular flexibility index (Phi) is 5.21. The fourth-order valence-corrected chi connectivity index (χ4v) is 3.26. The van der Waals surface area contributed by atoms with Crippen LogP contribution in [0, 0.1) is 26.6 Å². The van der Waals surface area contributed by atoms with Crippen molar-refractivity contribution in [1.82, 2.24) is 10.3 Å². The average Bonchev–Trinajstić information content (AvgIpc) is 2.95. The molecule has 0 spiro atoms. The van der Waals surface area contributed by atoms with Crippen LogP contribution in [0.1, 0.15) is 27.9 Å². The molecule has 0 aliphatic carbocycles. The highest BCUT2D eigenvalue weighted by Crippen LogP contribution is 2.27. The Balaban J connectivity index is 1.66. The molecule has 0 unspecified atom stereocenters. The topological polar surface area (TPSA) is 44.9 Å². The lowest BCUT2D eigenvalue weighted by molar-refractivity contribution is -0.116. The van der Waals surface area contributed by atoms with E-state index in [0.29, 0.717) is 18.5 Å². The Labute approximate surface area is 152 Å². The van der Waals surface area contributed by atoms with E-state index in [-0.39, 0.29) is 11.7 Å². The predicted molar refractivity (Wildman–Crippen MR) is 105 cm³/mol. The molecule has 1 amide bonds. The Morgan fingerprint density at radius 1 is 1.12 bits per heavy atom. The first kappa shape index (κ1) is 17.9. The first-order valence-corrected chi connectivity index (χ1v) is 8.75. The second kappa shape index (κ2) is 7.56. The Bertz CT molecular complexity index is 985. The molecule has 3 aromatic rings. The van der Waals surface area contributed by atoms with Gasteiger partial charge in [0.15, 0.2) is 0 Å². The zero-order valence-corrected chi connectivity index (χ0v) is 15.3. The van der Waals surface area contributed by atoms with Gasteiger partial charge in [-0.1, -0.05) is 30.3 Å². The first-order chi connectivity index (χ1) is 12.5. The lowest BCUT2D eigenvalue weighted by atomic mass is 10.0. The highest BCUT2D eigenvalue weighted by atomic mass is 19.1. The number of benzene rings is 2. The minimum atomic E-state index is -0.245. The predicted octanol–water partition coefficient (Wildman–Crippen LogP) is 4.60. The van der Waals surface area contributed by atoms with Gasteiger partial charge in [0.1, 0.15) is 5.82 Å². The van der Waals surface area contributed by atoms with Crippen molar-refractivity contribution in [2.45, 2.75) is 27.2 Å². The number of aromatic amines is 1. The summed E-state index contributed by atoms with van der Waals surface area (Å²) in [4.78, 5) is 15.2. The molecule has 0 aliphatic rings. The van der Waals surface area contributed by atoms with Crippen LogP contribution in [-0.2, 0) is 11.2 Å². The van der Waals surface area contributed by atoms with Crippen molar-refractivity contribution in [1.29, 1.82) is 0 Å². The summed E-state index contributed by atoms with van der Waals surface area (Å²) < 4.78 is 14.0. The van der Waals surface area contributed by atoms with Crippen molar-refractivity contribution in [3.05, 3.63) is 76.2 Å². The number of amides is 1. The van der Waals surface area contributed by atoms with Crippen molar-refractivity contribution >= 4 is 22.9 Å². The van der Waals surface area contributed by atoms with E-state index in [9.17, 15) is 9.18 Å². The quantitative estimate of drug-likeness (QED) is 0.649. The molecule has 0 atom stereocenters.